The fraction of sp³-hybridized carbons (Fsp3) is 1.00. The molecule has 0 bridgehead atoms. The third kappa shape index (κ3) is 7.00. The molecule has 0 unspecified atom stereocenters. The molecule has 1 heteroatoms. The van der Waals surface area contributed by atoms with Crippen molar-refractivity contribution in [2.75, 3.05) is 0 Å². The van der Waals surface area contributed by atoms with Crippen molar-refractivity contribution in [2.24, 2.45) is 5.92 Å². The molecule has 0 atom stereocenters. The summed E-state index contributed by atoms with van der Waals surface area (Å²) in [6.45, 7) is 6.74. The first-order valence-electron chi connectivity index (χ1n) is 2.81. The molecule has 0 saturated heterocycles. The second-order valence-electron chi connectivity index (χ2n) is 1.92. The normalized spacial score (nSPS) is 8.57. The summed E-state index contributed by atoms with van der Waals surface area (Å²) < 4.78 is 0. The molecule has 0 spiro atoms. The zero-order chi connectivity index (χ0) is 4.99. The van der Waals surface area contributed by atoms with Gasteiger partial charge in [0.15, 0.2) is 0 Å². The van der Waals surface area contributed by atoms with E-state index in [9.17, 15) is 0 Å². The molecule has 0 N–H and O–H groups in total. The van der Waals surface area contributed by atoms with E-state index in [0.717, 1.165) is 5.92 Å². The molecule has 0 aromatic heterocycles. The van der Waals surface area contributed by atoms with Gasteiger partial charge in [-0.3, -0.25) is 0 Å². The van der Waals surface area contributed by atoms with E-state index in [1.54, 1.807) is 0 Å². The molecule has 0 amide bonds. The maximum Gasteiger partial charge on any atom is 1.00 e. The SMILES string of the molecule is CCC(C)CC.[H-].[Na+]. The van der Waals surface area contributed by atoms with Gasteiger partial charge in [0.05, 0.1) is 0 Å². The minimum Gasteiger partial charge on any atom is -1.00 e. The van der Waals surface area contributed by atoms with E-state index in [4.69, 9.17) is 0 Å². The van der Waals surface area contributed by atoms with E-state index >= 15 is 0 Å². The van der Waals surface area contributed by atoms with Gasteiger partial charge in [0, 0.05) is 0 Å². The van der Waals surface area contributed by atoms with Crippen molar-refractivity contribution in [1.82, 2.24) is 0 Å². The molecule has 0 aromatic carbocycles. The van der Waals surface area contributed by atoms with Gasteiger partial charge in [-0.25, -0.2) is 0 Å². The van der Waals surface area contributed by atoms with Gasteiger partial charge in [-0.1, -0.05) is 33.6 Å². The minimum atomic E-state index is 0. The summed E-state index contributed by atoms with van der Waals surface area (Å²) in [6.07, 6.45) is 2.66. The Morgan fingerprint density at radius 2 is 1.57 bits per heavy atom. The smallest absolute Gasteiger partial charge is 1.00 e. The molecule has 0 aliphatic carbocycles. The van der Waals surface area contributed by atoms with E-state index in [1.165, 1.54) is 12.8 Å². The predicted molar refractivity (Wildman–Crippen MR) is 30.9 cm³/mol. The van der Waals surface area contributed by atoms with E-state index in [-0.39, 0.29) is 31.0 Å². The van der Waals surface area contributed by atoms with Crippen LogP contribution in [0.5, 0.6) is 0 Å². The van der Waals surface area contributed by atoms with Gasteiger partial charge in [-0.15, -0.1) is 0 Å². The van der Waals surface area contributed by atoms with E-state index < -0.39 is 0 Å². The molecule has 0 saturated carbocycles. The van der Waals surface area contributed by atoms with Crippen molar-refractivity contribution in [1.29, 1.82) is 0 Å². The first kappa shape index (κ1) is 10.9. The van der Waals surface area contributed by atoms with Crippen LogP contribution < -0.4 is 29.6 Å². The maximum absolute atomic E-state index is 2.28. The monoisotopic (exact) mass is 110 g/mol. The first-order chi connectivity index (χ1) is 2.81. The maximum atomic E-state index is 2.28. The Bertz CT molecular complexity index is 27.7. The van der Waals surface area contributed by atoms with Crippen LogP contribution in [0.25, 0.3) is 0 Å². The van der Waals surface area contributed by atoms with Gasteiger partial charge in [0.2, 0.25) is 0 Å². The van der Waals surface area contributed by atoms with Crippen molar-refractivity contribution in [3.05, 3.63) is 0 Å². The Morgan fingerprint density at radius 1 is 1.29 bits per heavy atom. The average Bonchev–Trinajstić information content (AvgIpc) is 1.65. The predicted octanol–water partition coefficient (Wildman–Crippen LogP) is -0.441. The molecular formula is C6H15Na. The summed E-state index contributed by atoms with van der Waals surface area (Å²) in [5, 5.41) is 0. The van der Waals surface area contributed by atoms with Gasteiger partial charge in [0.1, 0.15) is 0 Å². The van der Waals surface area contributed by atoms with Crippen LogP contribution in [-0.4, -0.2) is 0 Å². The van der Waals surface area contributed by atoms with Crippen LogP contribution >= 0.6 is 0 Å². The van der Waals surface area contributed by atoms with Crippen LogP contribution in [0, 0.1) is 5.92 Å². The molecule has 0 aliphatic rings. The number of hydrogen-bond donors (Lipinski definition) is 0. The van der Waals surface area contributed by atoms with Crippen molar-refractivity contribution in [2.45, 2.75) is 33.6 Å². The Balaban J connectivity index is -0.000000125. The molecule has 0 heterocycles. The van der Waals surface area contributed by atoms with Gasteiger partial charge >= 0.3 is 29.6 Å². The molecular weight excluding hydrogens is 95.1 g/mol. The third-order valence-electron chi connectivity index (χ3n) is 1.39. The molecule has 0 fully saturated rings. The van der Waals surface area contributed by atoms with Crippen molar-refractivity contribution in [3.63, 3.8) is 0 Å². The summed E-state index contributed by atoms with van der Waals surface area (Å²) >= 11 is 0. The molecule has 40 valence electrons. The number of rotatable bonds is 2. The van der Waals surface area contributed by atoms with E-state index in [0.29, 0.717) is 0 Å². The van der Waals surface area contributed by atoms with Crippen molar-refractivity contribution >= 4 is 0 Å². The molecule has 7 heavy (non-hydrogen) atoms. The minimum absolute atomic E-state index is 0. The standard InChI is InChI=1S/C6H14.Na.H/c1-4-6(3)5-2;;/h6H,4-5H2,1-3H3;;/q;+1;-1. The summed E-state index contributed by atoms with van der Waals surface area (Å²) in [4.78, 5) is 0. The Kier molecular flexibility index (Phi) is 10.9. The van der Waals surface area contributed by atoms with E-state index in [1.807, 2.05) is 0 Å². The number of hydrogen-bond acceptors (Lipinski definition) is 0. The molecule has 0 radical (unpaired) electrons. The Labute approximate surface area is 70.5 Å². The van der Waals surface area contributed by atoms with Crippen LogP contribution in [0.2, 0.25) is 0 Å². The van der Waals surface area contributed by atoms with Gasteiger partial charge < -0.3 is 1.43 Å². The van der Waals surface area contributed by atoms with Crippen LogP contribution in [0.4, 0.5) is 0 Å². The molecule has 0 aromatic rings. The topological polar surface area (TPSA) is 0 Å². The summed E-state index contributed by atoms with van der Waals surface area (Å²) in [6, 6.07) is 0. The second-order valence-corrected chi connectivity index (χ2v) is 1.92. The first-order valence-corrected chi connectivity index (χ1v) is 2.81. The fourth-order valence-electron chi connectivity index (χ4n) is 0.289. The summed E-state index contributed by atoms with van der Waals surface area (Å²) in [5.74, 6) is 0.935. The van der Waals surface area contributed by atoms with Crippen molar-refractivity contribution in [3.8, 4) is 0 Å². The molecule has 0 rings (SSSR count). The van der Waals surface area contributed by atoms with Crippen LogP contribution in [0.3, 0.4) is 0 Å². The summed E-state index contributed by atoms with van der Waals surface area (Å²) in [5.41, 5.74) is 0. The largest absolute Gasteiger partial charge is 1.00 e. The van der Waals surface area contributed by atoms with Crippen LogP contribution in [0.1, 0.15) is 35.0 Å². The zero-order valence-corrected chi connectivity index (χ0v) is 7.99. The van der Waals surface area contributed by atoms with E-state index in [2.05, 4.69) is 20.8 Å². The van der Waals surface area contributed by atoms with Crippen molar-refractivity contribution < 1.29 is 31.0 Å². The van der Waals surface area contributed by atoms with Gasteiger partial charge in [0.25, 0.3) is 0 Å². The molecule has 0 nitrogen and oxygen atoms in total. The average molecular weight is 110 g/mol. The van der Waals surface area contributed by atoms with Gasteiger partial charge in [-0.2, -0.15) is 0 Å². The zero-order valence-electron chi connectivity index (χ0n) is 6.99. The third-order valence-corrected chi connectivity index (χ3v) is 1.39. The van der Waals surface area contributed by atoms with Gasteiger partial charge in [-0.05, 0) is 5.92 Å². The Hall–Kier alpha value is 1.00. The fourth-order valence-corrected chi connectivity index (χ4v) is 0.289. The van der Waals surface area contributed by atoms with Crippen LogP contribution in [0.15, 0.2) is 0 Å². The Morgan fingerprint density at radius 3 is 1.57 bits per heavy atom. The second kappa shape index (κ2) is 7.00. The summed E-state index contributed by atoms with van der Waals surface area (Å²) in [7, 11) is 0. The molecule has 0 aliphatic heterocycles. The quantitative estimate of drug-likeness (QED) is 0.423. The van der Waals surface area contributed by atoms with Crippen LogP contribution in [-0.2, 0) is 0 Å².